The van der Waals surface area contributed by atoms with Gasteiger partial charge in [0.15, 0.2) is 8.32 Å². The summed E-state index contributed by atoms with van der Waals surface area (Å²) in [6.45, 7) is 16.0. The van der Waals surface area contributed by atoms with E-state index < -0.39 is 8.32 Å². The van der Waals surface area contributed by atoms with E-state index in [2.05, 4.69) is 108 Å². The van der Waals surface area contributed by atoms with Gasteiger partial charge in [-0.05, 0) is 36.2 Å². The summed E-state index contributed by atoms with van der Waals surface area (Å²) < 4.78 is 13.7. The van der Waals surface area contributed by atoms with E-state index in [0.29, 0.717) is 0 Å². The monoisotopic (exact) mass is 382 g/mol. The maximum Gasteiger partial charge on any atom is 0.184 e. The molecule has 146 valence electrons. The van der Waals surface area contributed by atoms with Crippen molar-refractivity contribution in [3.05, 3.63) is 71.8 Å². The van der Waals surface area contributed by atoms with E-state index in [9.17, 15) is 0 Å². The number of ether oxygens (including phenoxy) is 1. The van der Waals surface area contributed by atoms with Crippen molar-refractivity contribution >= 4 is 8.32 Å². The predicted molar refractivity (Wildman–Crippen MR) is 116 cm³/mol. The van der Waals surface area contributed by atoms with E-state index >= 15 is 0 Å². The fourth-order valence-corrected chi connectivity index (χ4v) is 5.93. The minimum atomic E-state index is -1.82. The molecule has 1 aliphatic heterocycles. The molecule has 0 amide bonds. The van der Waals surface area contributed by atoms with Crippen LogP contribution in [-0.4, -0.2) is 20.0 Å². The molecule has 1 saturated heterocycles. The van der Waals surface area contributed by atoms with Crippen LogP contribution >= 0.6 is 0 Å². The second-order valence-electron chi connectivity index (χ2n) is 9.80. The van der Waals surface area contributed by atoms with Crippen LogP contribution in [0.1, 0.15) is 50.8 Å². The van der Waals surface area contributed by atoms with Crippen molar-refractivity contribution in [2.24, 2.45) is 5.41 Å². The first-order valence-electron chi connectivity index (χ1n) is 10.0. The second-order valence-corrected chi connectivity index (χ2v) is 14.2. The molecule has 1 fully saturated rings. The Bertz CT molecular complexity index is 745. The first-order chi connectivity index (χ1) is 12.6. The lowest BCUT2D eigenvalue weighted by Gasteiger charge is -2.65. The topological polar surface area (TPSA) is 18.5 Å². The van der Waals surface area contributed by atoms with Gasteiger partial charge in [-0.15, -0.1) is 0 Å². The normalized spacial score (nSPS) is 27.1. The highest BCUT2D eigenvalue weighted by Crippen LogP contribution is 2.60. The minimum Gasteiger partial charge on any atom is -0.406 e. The fraction of sp³-hybridized carbons (Fsp3) is 0.500. The average molecular weight is 383 g/mol. The van der Waals surface area contributed by atoms with Crippen molar-refractivity contribution < 1.29 is 9.16 Å². The smallest absolute Gasteiger partial charge is 0.184 e. The minimum absolute atomic E-state index is 0.0248. The van der Waals surface area contributed by atoms with Gasteiger partial charge in [0, 0.05) is 5.92 Å². The van der Waals surface area contributed by atoms with Crippen LogP contribution in [0.4, 0.5) is 0 Å². The summed E-state index contributed by atoms with van der Waals surface area (Å²) in [7, 11) is -1.82. The third-order valence-electron chi connectivity index (χ3n) is 5.62. The zero-order valence-electron chi connectivity index (χ0n) is 17.8. The summed E-state index contributed by atoms with van der Waals surface area (Å²) in [6.07, 6.45) is -0.0154. The Kier molecular flexibility index (Phi) is 5.41. The molecular formula is C24H34O2Si. The van der Waals surface area contributed by atoms with E-state index in [-0.39, 0.29) is 29.1 Å². The maximum absolute atomic E-state index is 7.06. The highest BCUT2D eigenvalue weighted by atomic mass is 28.4. The molecule has 0 saturated carbocycles. The molecule has 0 aromatic heterocycles. The van der Waals surface area contributed by atoms with Gasteiger partial charge in [0.2, 0.25) is 0 Å². The summed E-state index contributed by atoms with van der Waals surface area (Å²) in [4.78, 5) is 0. The van der Waals surface area contributed by atoms with E-state index in [0.717, 1.165) is 0 Å². The van der Waals surface area contributed by atoms with Crippen molar-refractivity contribution in [3.8, 4) is 0 Å². The van der Waals surface area contributed by atoms with Gasteiger partial charge in [0.05, 0.1) is 6.10 Å². The van der Waals surface area contributed by atoms with Crippen molar-refractivity contribution in [2.45, 2.75) is 71.1 Å². The van der Waals surface area contributed by atoms with Gasteiger partial charge in [-0.1, -0.05) is 88.4 Å². The molecule has 3 rings (SSSR count). The van der Waals surface area contributed by atoms with Crippen LogP contribution in [-0.2, 0) is 9.16 Å². The van der Waals surface area contributed by atoms with Crippen molar-refractivity contribution in [2.75, 3.05) is 0 Å². The Morgan fingerprint density at radius 2 is 1.44 bits per heavy atom. The molecule has 2 aromatic rings. The zero-order chi connectivity index (χ0) is 19.9. The van der Waals surface area contributed by atoms with Crippen molar-refractivity contribution in [1.82, 2.24) is 0 Å². The second kappa shape index (κ2) is 7.19. The lowest BCUT2D eigenvalue weighted by Crippen LogP contribution is -2.72. The SMILES string of the molecule is C[C@H](c1ccccc1)[C@@H]1O[C@H](c2ccccc2)[C@@]1(O[Si](C)(C)C)C(C)(C)C. The summed E-state index contributed by atoms with van der Waals surface area (Å²) in [5, 5.41) is 0. The fourth-order valence-electron chi connectivity index (χ4n) is 4.39. The van der Waals surface area contributed by atoms with Gasteiger partial charge >= 0.3 is 0 Å². The number of hydrogen-bond acceptors (Lipinski definition) is 2. The Balaban J connectivity index is 2.08. The zero-order valence-corrected chi connectivity index (χ0v) is 18.8. The Labute approximate surface area is 166 Å². The number of benzene rings is 2. The highest BCUT2D eigenvalue weighted by molar-refractivity contribution is 6.69. The summed E-state index contributed by atoms with van der Waals surface area (Å²) in [6, 6.07) is 21.3. The van der Waals surface area contributed by atoms with E-state index in [1.165, 1.54) is 11.1 Å². The van der Waals surface area contributed by atoms with Crippen LogP contribution in [0.15, 0.2) is 60.7 Å². The van der Waals surface area contributed by atoms with E-state index in [4.69, 9.17) is 9.16 Å². The lowest BCUT2D eigenvalue weighted by atomic mass is 9.61. The van der Waals surface area contributed by atoms with Gasteiger partial charge in [-0.25, -0.2) is 0 Å². The molecule has 0 aliphatic carbocycles. The molecule has 3 heteroatoms. The Morgan fingerprint density at radius 1 is 0.926 bits per heavy atom. The summed E-state index contributed by atoms with van der Waals surface area (Å²) >= 11 is 0. The molecule has 2 aromatic carbocycles. The number of rotatable bonds is 5. The van der Waals surface area contributed by atoms with E-state index in [1.807, 2.05) is 0 Å². The predicted octanol–water partition coefficient (Wildman–Crippen LogP) is 6.57. The van der Waals surface area contributed by atoms with Crippen molar-refractivity contribution in [3.63, 3.8) is 0 Å². The first-order valence-corrected chi connectivity index (χ1v) is 13.4. The van der Waals surface area contributed by atoms with Crippen LogP contribution in [0, 0.1) is 5.41 Å². The largest absolute Gasteiger partial charge is 0.406 e. The summed E-state index contributed by atoms with van der Waals surface area (Å²) in [5.74, 6) is 0.265. The van der Waals surface area contributed by atoms with Crippen molar-refractivity contribution in [1.29, 1.82) is 0 Å². The van der Waals surface area contributed by atoms with Crippen LogP contribution in [0.2, 0.25) is 19.6 Å². The van der Waals surface area contributed by atoms with Crippen LogP contribution in [0.3, 0.4) is 0 Å². The molecule has 0 unspecified atom stereocenters. The third-order valence-corrected chi connectivity index (χ3v) is 6.57. The van der Waals surface area contributed by atoms with Gasteiger partial charge in [0.1, 0.15) is 11.7 Å². The quantitative estimate of drug-likeness (QED) is 0.545. The summed E-state index contributed by atoms with van der Waals surface area (Å²) in [5.41, 5.74) is 2.11. The average Bonchev–Trinajstić information content (AvgIpc) is 2.58. The third kappa shape index (κ3) is 3.78. The van der Waals surface area contributed by atoms with Crippen LogP contribution in [0.5, 0.6) is 0 Å². The molecule has 0 N–H and O–H groups in total. The van der Waals surface area contributed by atoms with Gasteiger partial charge in [-0.2, -0.15) is 0 Å². The standard InChI is InChI=1S/C24H34O2Si/c1-18(19-14-10-8-11-15-19)21-24(23(2,3)4,26-27(5,6)7)22(25-21)20-16-12-9-13-17-20/h8-18,21-22H,1-7H3/t18-,21+,22-,24-/m1/s1. The Morgan fingerprint density at radius 3 is 1.93 bits per heavy atom. The van der Waals surface area contributed by atoms with Gasteiger partial charge < -0.3 is 9.16 Å². The van der Waals surface area contributed by atoms with E-state index in [1.54, 1.807) is 0 Å². The Hall–Kier alpha value is -1.42. The van der Waals surface area contributed by atoms with Crippen LogP contribution in [0.25, 0.3) is 0 Å². The molecule has 2 nitrogen and oxygen atoms in total. The van der Waals surface area contributed by atoms with Gasteiger partial charge in [-0.3, -0.25) is 0 Å². The highest BCUT2D eigenvalue weighted by Gasteiger charge is 2.66. The molecule has 1 heterocycles. The molecule has 0 bridgehead atoms. The van der Waals surface area contributed by atoms with Crippen LogP contribution < -0.4 is 0 Å². The first kappa shape index (κ1) is 20.3. The maximum atomic E-state index is 7.06. The molecule has 4 atom stereocenters. The molecule has 1 aliphatic rings. The number of hydrogen-bond donors (Lipinski definition) is 0. The lowest BCUT2D eigenvalue weighted by molar-refractivity contribution is -0.329. The molecule has 0 spiro atoms. The molecule has 0 radical (unpaired) electrons. The van der Waals surface area contributed by atoms with Gasteiger partial charge in [0.25, 0.3) is 0 Å². The molecule has 27 heavy (non-hydrogen) atoms. The molecular weight excluding hydrogens is 348 g/mol.